The van der Waals surface area contributed by atoms with Crippen molar-refractivity contribution in [1.82, 2.24) is 10.3 Å². The molecule has 160 valence electrons. The number of esters is 1. The average molecular weight is 419 g/mol. The fraction of sp³-hybridized carbons (Fsp3) is 0.292. The molecule has 7 nitrogen and oxygen atoms in total. The molecule has 2 heterocycles. The van der Waals surface area contributed by atoms with Gasteiger partial charge in [0.25, 0.3) is 5.91 Å². The van der Waals surface area contributed by atoms with Gasteiger partial charge < -0.3 is 19.7 Å². The summed E-state index contributed by atoms with van der Waals surface area (Å²) in [5, 5.41) is 3.89. The number of methoxy groups -OCH3 is 2. The van der Waals surface area contributed by atoms with Gasteiger partial charge in [-0.1, -0.05) is 24.3 Å². The molecule has 1 N–H and O–H groups in total. The van der Waals surface area contributed by atoms with Crippen LogP contribution in [0.1, 0.15) is 39.1 Å². The van der Waals surface area contributed by atoms with Crippen LogP contribution >= 0.6 is 0 Å². The molecule has 7 heteroatoms. The van der Waals surface area contributed by atoms with Crippen LogP contribution in [0.2, 0.25) is 0 Å². The number of hydrogen-bond acceptors (Lipinski definition) is 6. The summed E-state index contributed by atoms with van der Waals surface area (Å²) in [6.07, 6.45) is 2.19. The van der Waals surface area contributed by atoms with Crippen LogP contribution in [-0.4, -0.2) is 44.2 Å². The van der Waals surface area contributed by atoms with E-state index < -0.39 is 5.97 Å². The molecular formula is C24H25N3O4. The number of fused-ring (bicyclic) bond motifs is 1. The maximum atomic E-state index is 13.1. The Morgan fingerprint density at radius 3 is 2.55 bits per heavy atom. The van der Waals surface area contributed by atoms with Crippen molar-refractivity contribution < 1.29 is 19.1 Å². The normalized spacial score (nSPS) is 13.3. The second-order valence-corrected chi connectivity index (χ2v) is 7.46. The van der Waals surface area contributed by atoms with Crippen molar-refractivity contribution >= 4 is 28.6 Å². The van der Waals surface area contributed by atoms with Gasteiger partial charge in [0.15, 0.2) is 0 Å². The SMILES string of the molecule is COC(=O)c1cc(CNC(=O)c2cc3ccccc3nc2N2CCCC2)ccc1OC. The lowest BCUT2D eigenvalue weighted by atomic mass is 10.1. The highest BCUT2D eigenvalue weighted by Gasteiger charge is 2.22. The summed E-state index contributed by atoms with van der Waals surface area (Å²) < 4.78 is 10.1. The summed E-state index contributed by atoms with van der Waals surface area (Å²) in [4.78, 5) is 32.1. The predicted molar refractivity (Wildman–Crippen MR) is 119 cm³/mol. The van der Waals surface area contributed by atoms with E-state index in [-0.39, 0.29) is 12.5 Å². The van der Waals surface area contributed by atoms with Crippen LogP contribution < -0.4 is 15.0 Å². The Morgan fingerprint density at radius 2 is 1.81 bits per heavy atom. The van der Waals surface area contributed by atoms with Gasteiger partial charge in [-0.3, -0.25) is 4.79 Å². The van der Waals surface area contributed by atoms with Gasteiger partial charge in [-0.15, -0.1) is 0 Å². The third-order valence-corrected chi connectivity index (χ3v) is 5.48. The molecule has 0 aliphatic carbocycles. The minimum Gasteiger partial charge on any atom is -0.496 e. The fourth-order valence-corrected chi connectivity index (χ4v) is 3.85. The quantitative estimate of drug-likeness (QED) is 0.616. The van der Waals surface area contributed by atoms with E-state index >= 15 is 0 Å². The number of aromatic nitrogens is 1. The van der Waals surface area contributed by atoms with Gasteiger partial charge in [0, 0.05) is 25.0 Å². The van der Waals surface area contributed by atoms with Crippen molar-refractivity contribution in [2.24, 2.45) is 0 Å². The monoisotopic (exact) mass is 419 g/mol. The highest BCUT2D eigenvalue weighted by atomic mass is 16.5. The van der Waals surface area contributed by atoms with Crippen LogP contribution in [0.3, 0.4) is 0 Å². The fourth-order valence-electron chi connectivity index (χ4n) is 3.85. The van der Waals surface area contributed by atoms with Gasteiger partial charge in [-0.05, 0) is 42.7 Å². The number of para-hydroxylation sites is 1. The Morgan fingerprint density at radius 1 is 1.03 bits per heavy atom. The smallest absolute Gasteiger partial charge is 0.341 e. The Bertz CT molecular complexity index is 1120. The van der Waals surface area contributed by atoms with E-state index in [4.69, 9.17) is 14.5 Å². The lowest BCUT2D eigenvalue weighted by molar-refractivity contribution is 0.0597. The second kappa shape index (κ2) is 9.04. The number of amides is 1. The molecule has 4 rings (SSSR count). The van der Waals surface area contributed by atoms with Crippen molar-refractivity contribution in [2.45, 2.75) is 19.4 Å². The molecule has 1 aliphatic heterocycles. The van der Waals surface area contributed by atoms with Crippen molar-refractivity contribution in [3.05, 3.63) is 65.2 Å². The van der Waals surface area contributed by atoms with Crippen LogP contribution in [0.15, 0.2) is 48.5 Å². The maximum absolute atomic E-state index is 13.1. The molecule has 1 aliphatic rings. The molecule has 0 unspecified atom stereocenters. The molecule has 1 saturated heterocycles. The average Bonchev–Trinajstić information content (AvgIpc) is 3.35. The second-order valence-electron chi connectivity index (χ2n) is 7.46. The summed E-state index contributed by atoms with van der Waals surface area (Å²) in [6.45, 7) is 2.05. The Kier molecular flexibility index (Phi) is 6.02. The molecule has 3 aromatic rings. The van der Waals surface area contributed by atoms with E-state index in [2.05, 4.69) is 10.2 Å². The maximum Gasteiger partial charge on any atom is 0.341 e. The van der Waals surface area contributed by atoms with Crippen molar-refractivity contribution in [1.29, 1.82) is 0 Å². The zero-order valence-electron chi connectivity index (χ0n) is 17.7. The van der Waals surface area contributed by atoms with Crippen LogP contribution in [0.5, 0.6) is 5.75 Å². The Labute approximate surface area is 181 Å². The number of benzene rings is 2. The molecule has 1 fully saturated rings. The van der Waals surface area contributed by atoms with Crippen LogP contribution in [-0.2, 0) is 11.3 Å². The number of nitrogens with one attached hydrogen (secondary N) is 1. The number of pyridine rings is 1. The predicted octanol–water partition coefficient (Wildman–Crippen LogP) is 3.56. The molecular weight excluding hydrogens is 394 g/mol. The minimum atomic E-state index is -0.486. The van der Waals surface area contributed by atoms with E-state index in [0.717, 1.165) is 48.2 Å². The van der Waals surface area contributed by atoms with Gasteiger partial charge in [-0.2, -0.15) is 0 Å². The standard InChI is InChI=1S/C24H25N3O4/c1-30-21-10-9-16(13-18(21)24(29)31-2)15-25-23(28)19-14-17-7-3-4-8-20(17)26-22(19)27-11-5-6-12-27/h3-4,7-10,13-14H,5-6,11-12,15H2,1-2H3,(H,25,28). The minimum absolute atomic E-state index is 0.199. The number of carbonyl (C=O) groups excluding carboxylic acids is 2. The molecule has 31 heavy (non-hydrogen) atoms. The van der Waals surface area contributed by atoms with E-state index in [9.17, 15) is 9.59 Å². The van der Waals surface area contributed by atoms with Crippen LogP contribution in [0.4, 0.5) is 5.82 Å². The van der Waals surface area contributed by atoms with Gasteiger partial charge in [0.1, 0.15) is 17.1 Å². The highest BCUT2D eigenvalue weighted by molar-refractivity contribution is 6.02. The van der Waals surface area contributed by atoms with E-state index in [1.165, 1.54) is 14.2 Å². The van der Waals surface area contributed by atoms with Gasteiger partial charge in [0.05, 0.1) is 25.3 Å². The van der Waals surface area contributed by atoms with E-state index in [1.54, 1.807) is 12.1 Å². The van der Waals surface area contributed by atoms with Crippen molar-refractivity contribution in [2.75, 3.05) is 32.2 Å². The van der Waals surface area contributed by atoms with Crippen molar-refractivity contribution in [3.63, 3.8) is 0 Å². The zero-order chi connectivity index (χ0) is 21.8. The highest BCUT2D eigenvalue weighted by Crippen LogP contribution is 2.27. The largest absolute Gasteiger partial charge is 0.496 e. The summed E-state index contributed by atoms with van der Waals surface area (Å²) in [6, 6.07) is 14.9. The number of rotatable bonds is 6. The molecule has 1 amide bonds. The molecule has 2 aromatic carbocycles. The lowest BCUT2D eigenvalue weighted by Crippen LogP contribution is -2.28. The summed E-state index contributed by atoms with van der Waals surface area (Å²) in [5.74, 6) is 0.464. The zero-order valence-corrected chi connectivity index (χ0v) is 17.7. The molecule has 0 bridgehead atoms. The van der Waals surface area contributed by atoms with Crippen LogP contribution in [0.25, 0.3) is 10.9 Å². The third-order valence-electron chi connectivity index (χ3n) is 5.48. The number of carbonyl (C=O) groups is 2. The first-order chi connectivity index (χ1) is 15.1. The number of anilines is 1. The van der Waals surface area contributed by atoms with E-state index in [0.29, 0.717) is 16.9 Å². The Hall–Kier alpha value is -3.61. The number of nitrogens with zero attached hydrogens (tertiary/aromatic N) is 2. The first-order valence-electron chi connectivity index (χ1n) is 10.3. The first kappa shape index (κ1) is 20.7. The summed E-state index contributed by atoms with van der Waals surface area (Å²) >= 11 is 0. The number of ether oxygens (including phenoxy) is 2. The Balaban J connectivity index is 1.60. The molecule has 0 saturated carbocycles. The van der Waals surface area contributed by atoms with E-state index in [1.807, 2.05) is 36.4 Å². The topological polar surface area (TPSA) is 80.8 Å². The first-order valence-corrected chi connectivity index (χ1v) is 10.3. The number of hydrogen-bond donors (Lipinski definition) is 1. The van der Waals surface area contributed by atoms with Gasteiger partial charge in [-0.25, -0.2) is 9.78 Å². The van der Waals surface area contributed by atoms with Crippen LogP contribution in [0, 0.1) is 0 Å². The summed E-state index contributed by atoms with van der Waals surface area (Å²) in [7, 11) is 2.82. The summed E-state index contributed by atoms with van der Waals surface area (Å²) in [5.41, 5.74) is 2.52. The van der Waals surface area contributed by atoms with Gasteiger partial charge >= 0.3 is 5.97 Å². The van der Waals surface area contributed by atoms with Gasteiger partial charge in [0.2, 0.25) is 0 Å². The molecule has 1 aromatic heterocycles. The molecule has 0 atom stereocenters. The molecule has 0 radical (unpaired) electrons. The third kappa shape index (κ3) is 4.30. The van der Waals surface area contributed by atoms with Crippen molar-refractivity contribution in [3.8, 4) is 5.75 Å². The molecule has 0 spiro atoms. The lowest BCUT2D eigenvalue weighted by Gasteiger charge is -2.20.